The average molecular weight is 409 g/mol. The molecule has 0 bridgehead atoms. The van der Waals surface area contributed by atoms with Crippen molar-refractivity contribution in [3.63, 3.8) is 0 Å². The van der Waals surface area contributed by atoms with Crippen molar-refractivity contribution in [3.05, 3.63) is 61.5 Å². The third kappa shape index (κ3) is 3.57. The lowest BCUT2D eigenvalue weighted by atomic mass is 9.89. The smallest absolute Gasteiger partial charge is 0.262 e. The standard InChI is InChI=1S/C24H28N2O2S/c1-13(2)22-25-23-21(18-9-6-14(3)10-20(18)29-23)24(28)26(22)12-19(27)17-8-7-15(4)16(5)11-17/h7-8,11,13-14H,6,9-10,12H2,1-5H3. The molecule has 0 saturated heterocycles. The fraction of sp³-hybridized carbons (Fsp3) is 0.458. The summed E-state index contributed by atoms with van der Waals surface area (Å²) in [5.74, 6) is 1.37. The van der Waals surface area contributed by atoms with Crippen molar-refractivity contribution >= 4 is 27.3 Å². The van der Waals surface area contributed by atoms with Gasteiger partial charge in [0.25, 0.3) is 5.56 Å². The first-order chi connectivity index (χ1) is 13.8. The van der Waals surface area contributed by atoms with Crippen LogP contribution < -0.4 is 5.56 Å². The molecule has 4 rings (SSSR count). The fourth-order valence-electron chi connectivity index (χ4n) is 4.18. The molecule has 0 amide bonds. The van der Waals surface area contributed by atoms with Crippen LogP contribution in [0.2, 0.25) is 0 Å². The molecular weight excluding hydrogens is 380 g/mol. The van der Waals surface area contributed by atoms with E-state index in [-0.39, 0.29) is 23.8 Å². The van der Waals surface area contributed by atoms with Crippen LogP contribution in [0.1, 0.15) is 70.9 Å². The number of hydrogen-bond acceptors (Lipinski definition) is 4. The summed E-state index contributed by atoms with van der Waals surface area (Å²) >= 11 is 1.67. The number of ketones is 1. The van der Waals surface area contributed by atoms with Gasteiger partial charge in [-0.05, 0) is 61.8 Å². The molecule has 4 nitrogen and oxygen atoms in total. The number of nitrogens with zero attached hydrogens (tertiary/aromatic N) is 2. The number of benzene rings is 1. The number of carbonyl (C=O) groups is 1. The monoisotopic (exact) mass is 408 g/mol. The van der Waals surface area contributed by atoms with Crippen LogP contribution in [-0.2, 0) is 19.4 Å². The van der Waals surface area contributed by atoms with Crippen molar-refractivity contribution in [2.75, 3.05) is 0 Å². The number of aryl methyl sites for hydroxylation is 3. The highest BCUT2D eigenvalue weighted by Crippen LogP contribution is 2.36. The Balaban J connectivity index is 1.83. The second-order valence-corrected chi connectivity index (χ2v) is 9.85. The Morgan fingerprint density at radius 2 is 2.03 bits per heavy atom. The Morgan fingerprint density at radius 3 is 2.72 bits per heavy atom. The zero-order valence-corrected chi connectivity index (χ0v) is 18.7. The van der Waals surface area contributed by atoms with Gasteiger partial charge in [0.2, 0.25) is 0 Å². The lowest BCUT2D eigenvalue weighted by Gasteiger charge is -2.18. The number of Topliss-reactive ketones (excluding diaryl/α,β-unsaturated/α-hetero) is 1. The maximum atomic E-state index is 13.5. The molecule has 2 heterocycles. The van der Waals surface area contributed by atoms with E-state index in [0.29, 0.717) is 17.3 Å². The van der Waals surface area contributed by atoms with Crippen molar-refractivity contribution in [1.29, 1.82) is 0 Å². The van der Waals surface area contributed by atoms with Crippen molar-refractivity contribution in [3.8, 4) is 0 Å². The Kier molecular flexibility index (Phi) is 5.19. The number of rotatable bonds is 4. The van der Waals surface area contributed by atoms with Crippen LogP contribution in [0.15, 0.2) is 23.0 Å². The molecule has 2 aromatic heterocycles. The zero-order chi connectivity index (χ0) is 20.9. The highest BCUT2D eigenvalue weighted by Gasteiger charge is 2.26. The maximum absolute atomic E-state index is 13.5. The van der Waals surface area contributed by atoms with Gasteiger partial charge in [-0.25, -0.2) is 4.98 Å². The van der Waals surface area contributed by atoms with E-state index in [1.54, 1.807) is 15.9 Å². The van der Waals surface area contributed by atoms with E-state index in [1.165, 1.54) is 10.4 Å². The molecular formula is C24H28N2O2S. The highest BCUT2D eigenvalue weighted by atomic mass is 32.1. The summed E-state index contributed by atoms with van der Waals surface area (Å²) in [5.41, 5.74) is 4.01. The molecule has 5 heteroatoms. The normalized spacial score (nSPS) is 16.4. The first kappa shape index (κ1) is 20.0. The number of fused-ring (bicyclic) bond motifs is 3. The average Bonchev–Trinajstić information content (AvgIpc) is 3.03. The minimum Gasteiger partial charge on any atom is -0.292 e. The first-order valence-corrected chi connectivity index (χ1v) is 11.2. The van der Waals surface area contributed by atoms with E-state index in [0.717, 1.165) is 40.6 Å². The van der Waals surface area contributed by atoms with Crippen LogP contribution in [0.25, 0.3) is 10.2 Å². The fourth-order valence-corrected chi connectivity index (χ4v) is 5.56. The summed E-state index contributed by atoms with van der Waals surface area (Å²) in [7, 11) is 0. The molecule has 1 aliphatic carbocycles. The number of aromatic nitrogens is 2. The molecule has 0 aliphatic heterocycles. The van der Waals surface area contributed by atoms with E-state index in [2.05, 4.69) is 6.92 Å². The van der Waals surface area contributed by atoms with Gasteiger partial charge in [-0.1, -0.05) is 32.9 Å². The molecule has 0 spiro atoms. The zero-order valence-electron chi connectivity index (χ0n) is 17.8. The molecule has 1 unspecified atom stereocenters. The van der Waals surface area contributed by atoms with Crippen LogP contribution in [0, 0.1) is 19.8 Å². The van der Waals surface area contributed by atoms with Gasteiger partial charge in [0.05, 0.1) is 11.9 Å². The van der Waals surface area contributed by atoms with Gasteiger partial charge in [-0.3, -0.25) is 14.2 Å². The van der Waals surface area contributed by atoms with Gasteiger partial charge in [0, 0.05) is 16.4 Å². The van der Waals surface area contributed by atoms with Gasteiger partial charge in [-0.2, -0.15) is 0 Å². The van der Waals surface area contributed by atoms with Crippen molar-refractivity contribution in [1.82, 2.24) is 9.55 Å². The van der Waals surface area contributed by atoms with Crippen LogP contribution in [0.5, 0.6) is 0 Å². The van der Waals surface area contributed by atoms with Crippen LogP contribution in [0.3, 0.4) is 0 Å². The lowest BCUT2D eigenvalue weighted by Crippen LogP contribution is -2.29. The van der Waals surface area contributed by atoms with Gasteiger partial charge >= 0.3 is 0 Å². The summed E-state index contributed by atoms with van der Waals surface area (Å²) in [4.78, 5) is 33.6. The van der Waals surface area contributed by atoms with Gasteiger partial charge in [-0.15, -0.1) is 11.3 Å². The SMILES string of the molecule is Cc1ccc(C(=O)Cn2c(C(C)C)nc3sc4c(c3c2=O)CCC(C)C4)cc1C. The minimum atomic E-state index is -0.0528. The Labute approximate surface area is 175 Å². The predicted octanol–water partition coefficient (Wildman–Crippen LogP) is 5.21. The first-order valence-electron chi connectivity index (χ1n) is 10.4. The summed E-state index contributed by atoms with van der Waals surface area (Å²) < 4.78 is 1.62. The summed E-state index contributed by atoms with van der Waals surface area (Å²) in [6, 6.07) is 5.73. The number of carbonyl (C=O) groups excluding carboxylic acids is 1. The van der Waals surface area contributed by atoms with Crippen molar-refractivity contribution in [2.24, 2.45) is 5.92 Å². The molecule has 1 aromatic carbocycles. The molecule has 152 valence electrons. The lowest BCUT2D eigenvalue weighted by molar-refractivity contribution is 0.0969. The number of thiophene rings is 1. The second-order valence-electron chi connectivity index (χ2n) is 8.77. The summed E-state index contributed by atoms with van der Waals surface area (Å²) in [6.07, 6.45) is 3.06. The molecule has 1 aliphatic rings. The van der Waals surface area contributed by atoms with Gasteiger partial charge in [0.1, 0.15) is 10.7 Å². The van der Waals surface area contributed by atoms with E-state index < -0.39 is 0 Å². The third-order valence-electron chi connectivity index (χ3n) is 6.09. The maximum Gasteiger partial charge on any atom is 0.262 e. The highest BCUT2D eigenvalue weighted by molar-refractivity contribution is 7.18. The van der Waals surface area contributed by atoms with Gasteiger partial charge in [0.15, 0.2) is 5.78 Å². The van der Waals surface area contributed by atoms with Crippen molar-refractivity contribution in [2.45, 2.75) is 66.3 Å². The topological polar surface area (TPSA) is 52.0 Å². The molecule has 1 atom stereocenters. The molecule has 3 aromatic rings. The van der Waals surface area contributed by atoms with E-state index in [1.807, 2.05) is 45.9 Å². The van der Waals surface area contributed by atoms with E-state index in [4.69, 9.17) is 4.98 Å². The van der Waals surface area contributed by atoms with Crippen LogP contribution in [-0.4, -0.2) is 15.3 Å². The summed E-state index contributed by atoms with van der Waals surface area (Å²) in [5, 5.41) is 0.745. The molecule has 0 saturated carbocycles. The Bertz CT molecular complexity index is 1170. The van der Waals surface area contributed by atoms with E-state index in [9.17, 15) is 9.59 Å². The molecule has 0 N–H and O–H groups in total. The Morgan fingerprint density at radius 1 is 1.28 bits per heavy atom. The summed E-state index contributed by atoms with van der Waals surface area (Å²) in [6.45, 7) is 10.4. The van der Waals surface area contributed by atoms with Crippen LogP contribution in [0.4, 0.5) is 0 Å². The Hall–Kier alpha value is -2.27. The number of hydrogen-bond donors (Lipinski definition) is 0. The quantitative estimate of drug-likeness (QED) is 0.557. The molecule has 0 radical (unpaired) electrons. The van der Waals surface area contributed by atoms with E-state index >= 15 is 0 Å². The largest absolute Gasteiger partial charge is 0.292 e. The third-order valence-corrected chi connectivity index (χ3v) is 7.24. The van der Waals surface area contributed by atoms with Crippen molar-refractivity contribution < 1.29 is 4.79 Å². The molecule has 0 fully saturated rings. The predicted molar refractivity (Wildman–Crippen MR) is 119 cm³/mol. The second kappa shape index (κ2) is 7.52. The molecule has 29 heavy (non-hydrogen) atoms. The van der Waals surface area contributed by atoms with Crippen LogP contribution >= 0.6 is 11.3 Å². The van der Waals surface area contributed by atoms with Gasteiger partial charge < -0.3 is 0 Å². The minimum absolute atomic E-state index is 0.0405.